The molecule has 0 aromatic carbocycles. The molecule has 8 heteroatoms. The Bertz CT molecular complexity index is 575. The van der Waals surface area contributed by atoms with Crippen LogP contribution in [0.15, 0.2) is 9.42 Å². The van der Waals surface area contributed by atoms with E-state index in [0.717, 1.165) is 12.8 Å². The molecule has 1 aromatic rings. The van der Waals surface area contributed by atoms with Gasteiger partial charge in [-0.05, 0) is 26.7 Å². The van der Waals surface area contributed by atoms with Gasteiger partial charge in [0.1, 0.15) is 10.6 Å². The summed E-state index contributed by atoms with van der Waals surface area (Å²) in [5, 5.41) is 3.70. The first-order valence-corrected chi connectivity index (χ1v) is 7.91. The SMILES string of the molecule is Cc1noc(C)c1S(=O)(=O)N1CCCC(C(N)=S)C1. The maximum atomic E-state index is 12.6. The first-order valence-electron chi connectivity index (χ1n) is 6.06. The molecule has 1 aliphatic rings. The number of nitrogens with two attached hydrogens (primary N) is 1. The van der Waals surface area contributed by atoms with E-state index in [2.05, 4.69) is 5.16 Å². The Balaban J connectivity index is 2.32. The van der Waals surface area contributed by atoms with Crippen molar-refractivity contribution in [3.63, 3.8) is 0 Å². The number of thiocarbonyl (C=S) groups is 1. The predicted octanol–water partition coefficient (Wildman–Crippen LogP) is 0.978. The summed E-state index contributed by atoms with van der Waals surface area (Å²) in [5.74, 6) is 0.258. The van der Waals surface area contributed by atoms with Gasteiger partial charge < -0.3 is 10.3 Å². The van der Waals surface area contributed by atoms with Crippen LogP contribution < -0.4 is 5.73 Å². The van der Waals surface area contributed by atoms with E-state index in [0.29, 0.717) is 29.5 Å². The summed E-state index contributed by atoms with van der Waals surface area (Å²) in [6.07, 6.45) is 1.59. The fourth-order valence-corrected chi connectivity index (χ4v) is 4.37. The quantitative estimate of drug-likeness (QED) is 0.837. The lowest BCUT2D eigenvalue weighted by molar-refractivity contribution is 0.312. The standard InChI is InChI=1S/C11H17N3O3S2/c1-7-10(8(2)17-13-7)19(15,16)14-5-3-4-9(6-14)11(12)18/h9H,3-6H2,1-2H3,(H2,12,18). The van der Waals surface area contributed by atoms with Gasteiger partial charge in [0.05, 0.1) is 4.99 Å². The van der Waals surface area contributed by atoms with Gasteiger partial charge in [0, 0.05) is 19.0 Å². The van der Waals surface area contributed by atoms with Crippen molar-refractivity contribution in [1.82, 2.24) is 9.46 Å². The van der Waals surface area contributed by atoms with Crippen molar-refractivity contribution >= 4 is 27.2 Å². The Hall–Kier alpha value is -0.990. The molecule has 2 heterocycles. The molecule has 1 aliphatic heterocycles. The first kappa shape index (κ1) is 14.4. The molecule has 0 radical (unpaired) electrons. The van der Waals surface area contributed by atoms with Crippen LogP contribution in [0, 0.1) is 19.8 Å². The predicted molar refractivity (Wildman–Crippen MR) is 74.2 cm³/mol. The van der Waals surface area contributed by atoms with Crippen molar-refractivity contribution in [2.45, 2.75) is 31.6 Å². The van der Waals surface area contributed by atoms with Crippen LogP contribution in [-0.2, 0) is 10.0 Å². The molecule has 1 saturated heterocycles. The van der Waals surface area contributed by atoms with Gasteiger partial charge in [-0.2, -0.15) is 4.31 Å². The molecule has 0 bridgehead atoms. The summed E-state index contributed by atoms with van der Waals surface area (Å²) < 4.78 is 31.6. The van der Waals surface area contributed by atoms with Gasteiger partial charge >= 0.3 is 0 Å². The molecule has 0 amide bonds. The lowest BCUT2D eigenvalue weighted by atomic mass is 10.0. The van der Waals surface area contributed by atoms with Crippen molar-refractivity contribution in [3.05, 3.63) is 11.5 Å². The highest BCUT2D eigenvalue weighted by Crippen LogP contribution is 2.27. The molecule has 2 N–H and O–H groups in total. The van der Waals surface area contributed by atoms with E-state index in [1.165, 1.54) is 4.31 Å². The Labute approximate surface area is 118 Å². The molecule has 0 saturated carbocycles. The van der Waals surface area contributed by atoms with Gasteiger partial charge in [-0.15, -0.1) is 0 Å². The zero-order chi connectivity index (χ0) is 14.2. The lowest BCUT2D eigenvalue weighted by Gasteiger charge is -2.31. The van der Waals surface area contributed by atoms with E-state index in [9.17, 15) is 8.42 Å². The maximum Gasteiger partial charge on any atom is 0.248 e. The summed E-state index contributed by atoms with van der Waals surface area (Å²) in [4.78, 5) is 0.537. The van der Waals surface area contributed by atoms with Crippen LogP contribution in [0.2, 0.25) is 0 Å². The van der Waals surface area contributed by atoms with Crippen LogP contribution in [-0.4, -0.2) is 36.0 Å². The summed E-state index contributed by atoms with van der Waals surface area (Å²) in [7, 11) is -3.58. The monoisotopic (exact) mass is 303 g/mol. The third-order valence-corrected chi connectivity index (χ3v) is 5.80. The van der Waals surface area contributed by atoms with E-state index >= 15 is 0 Å². The molecule has 0 spiro atoms. The molecular formula is C11H17N3O3S2. The second-order valence-electron chi connectivity index (χ2n) is 4.76. The van der Waals surface area contributed by atoms with Crippen molar-refractivity contribution < 1.29 is 12.9 Å². The molecule has 6 nitrogen and oxygen atoms in total. The molecular weight excluding hydrogens is 286 g/mol. The third-order valence-electron chi connectivity index (χ3n) is 3.35. The van der Waals surface area contributed by atoms with Gasteiger partial charge in [0.15, 0.2) is 5.76 Å². The smallest absolute Gasteiger partial charge is 0.248 e. The maximum absolute atomic E-state index is 12.6. The molecule has 1 aromatic heterocycles. The largest absolute Gasteiger partial charge is 0.393 e. The van der Waals surface area contributed by atoms with Crippen LogP contribution >= 0.6 is 12.2 Å². The van der Waals surface area contributed by atoms with Crippen LogP contribution in [0.3, 0.4) is 0 Å². The average Bonchev–Trinajstić information content (AvgIpc) is 2.69. The van der Waals surface area contributed by atoms with Crippen molar-refractivity contribution in [1.29, 1.82) is 0 Å². The van der Waals surface area contributed by atoms with Crippen molar-refractivity contribution in [3.8, 4) is 0 Å². The molecule has 1 unspecified atom stereocenters. The number of hydrogen-bond acceptors (Lipinski definition) is 5. The van der Waals surface area contributed by atoms with E-state index in [4.69, 9.17) is 22.5 Å². The van der Waals surface area contributed by atoms with Gasteiger partial charge in [-0.25, -0.2) is 8.42 Å². The number of sulfonamides is 1. The zero-order valence-corrected chi connectivity index (χ0v) is 12.6. The van der Waals surface area contributed by atoms with Gasteiger partial charge in [-0.3, -0.25) is 0 Å². The minimum Gasteiger partial charge on any atom is -0.393 e. The Morgan fingerprint density at radius 2 is 2.21 bits per heavy atom. The number of nitrogens with zero attached hydrogens (tertiary/aromatic N) is 2. The highest BCUT2D eigenvalue weighted by molar-refractivity contribution is 7.89. The van der Waals surface area contributed by atoms with E-state index in [1.807, 2.05) is 0 Å². The van der Waals surface area contributed by atoms with Crippen LogP contribution in [0.4, 0.5) is 0 Å². The number of piperidine rings is 1. The normalized spacial score (nSPS) is 21.5. The van der Waals surface area contributed by atoms with Crippen LogP contribution in [0.25, 0.3) is 0 Å². The third kappa shape index (κ3) is 2.65. The first-order chi connectivity index (χ1) is 8.84. The van der Waals surface area contributed by atoms with Gasteiger partial charge in [0.25, 0.3) is 0 Å². The Morgan fingerprint density at radius 3 is 2.74 bits per heavy atom. The summed E-state index contributed by atoms with van der Waals surface area (Å²) in [6.45, 7) is 4.04. The molecule has 1 atom stereocenters. The molecule has 2 rings (SSSR count). The van der Waals surface area contributed by atoms with Crippen molar-refractivity contribution in [2.75, 3.05) is 13.1 Å². The fourth-order valence-electron chi connectivity index (χ4n) is 2.36. The van der Waals surface area contributed by atoms with Gasteiger partial charge in [0.2, 0.25) is 10.0 Å². The van der Waals surface area contributed by atoms with E-state index in [1.54, 1.807) is 13.8 Å². The minimum atomic E-state index is -3.58. The number of rotatable bonds is 3. The second kappa shape index (κ2) is 5.18. The van der Waals surface area contributed by atoms with Crippen molar-refractivity contribution in [2.24, 2.45) is 11.7 Å². The van der Waals surface area contributed by atoms with Crippen LogP contribution in [0.5, 0.6) is 0 Å². The number of aromatic nitrogens is 1. The zero-order valence-electron chi connectivity index (χ0n) is 10.9. The Kier molecular flexibility index (Phi) is 3.93. The molecule has 106 valence electrons. The highest BCUT2D eigenvalue weighted by atomic mass is 32.2. The van der Waals surface area contributed by atoms with E-state index in [-0.39, 0.29) is 10.8 Å². The van der Waals surface area contributed by atoms with Gasteiger partial charge in [-0.1, -0.05) is 17.4 Å². The fraction of sp³-hybridized carbons (Fsp3) is 0.636. The number of aryl methyl sites for hydroxylation is 2. The molecule has 19 heavy (non-hydrogen) atoms. The highest BCUT2D eigenvalue weighted by Gasteiger charge is 2.34. The summed E-state index contributed by atoms with van der Waals surface area (Å²) in [6, 6.07) is 0. The topological polar surface area (TPSA) is 89.4 Å². The van der Waals surface area contributed by atoms with E-state index < -0.39 is 10.0 Å². The molecule has 0 aliphatic carbocycles. The average molecular weight is 303 g/mol. The second-order valence-corrected chi connectivity index (χ2v) is 7.10. The van der Waals surface area contributed by atoms with Crippen LogP contribution in [0.1, 0.15) is 24.3 Å². The minimum absolute atomic E-state index is 0.0565. The summed E-state index contributed by atoms with van der Waals surface area (Å²) in [5.41, 5.74) is 6.01. The lowest BCUT2D eigenvalue weighted by Crippen LogP contribution is -2.43. The Morgan fingerprint density at radius 1 is 1.53 bits per heavy atom. The summed E-state index contributed by atoms with van der Waals surface area (Å²) >= 11 is 4.97. The molecule has 1 fully saturated rings. The number of hydrogen-bond donors (Lipinski definition) is 1.